The van der Waals surface area contributed by atoms with E-state index in [0.717, 1.165) is 14.4 Å². The summed E-state index contributed by atoms with van der Waals surface area (Å²) in [5, 5.41) is 16.1. The molecule has 10 heteroatoms. The van der Waals surface area contributed by atoms with Crippen molar-refractivity contribution in [3.05, 3.63) is 81.8 Å². The molecule has 0 bridgehead atoms. The van der Waals surface area contributed by atoms with Crippen molar-refractivity contribution in [2.45, 2.75) is 21.4 Å². The van der Waals surface area contributed by atoms with Crippen molar-refractivity contribution in [3.63, 3.8) is 0 Å². The molecule has 0 saturated carbocycles. The first-order valence-corrected chi connectivity index (χ1v) is 13.4. The molecule has 0 aliphatic rings. The third kappa shape index (κ3) is 6.49. The Bertz CT molecular complexity index is 1320. The molecule has 0 saturated heterocycles. The fourth-order valence-electron chi connectivity index (χ4n) is 3.02. The number of carbonyl (C=O) groups is 1. The average molecular weight is 534 g/mol. The molecular formula is C23H18Cl2N4OS3. The summed E-state index contributed by atoms with van der Waals surface area (Å²) < 4.78 is 1.61. The summed E-state index contributed by atoms with van der Waals surface area (Å²) in [6.45, 7) is 1.77. The zero-order chi connectivity index (χ0) is 23.2. The number of aromatic nitrogens is 2. The standard InChI is InChI=1S/C23H18Cl2N4OS3/c1-14(18-10-9-17(24)11-20(18)25)26-27-21(30)13-32-23-29-28-22(33-23)31-12-16-7-4-6-15-5-2-3-8-19(15)16/h2-11H,12-13H2,1H3,(H,27,30)/b26-14+. The van der Waals surface area contributed by atoms with E-state index in [9.17, 15) is 4.79 Å². The largest absolute Gasteiger partial charge is 0.272 e. The van der Waals surface area contributed by atoms with Crippen LogP contribution in [0.5, 0.6) is 0 Å². The van der Waals surface area contributed by atoms with E-state index in [2.05, 4.69) is 57.1 Å². The molecule has 3 aromatic carbocycles. The fourth-order valence-corrected chi connectivity index (χ4v) is 6.38. The van der Waals surface area contributed by atoms with Gasteiger partial charge in [-0.1, -0.05) is 107 Å². The Hall–Kier alpha value is -2.10. The number of hydrazone groups is 1. The monoisotopic (exact) mass is 532 g/mol. The van der Waals surface area contributed by atoms with Gasteiger partial charge in [-0.15, -0.1) is 10.2 Å². The van der Waals surface area contributed by atoms with Crippen LogP contribution in [0.15, 0.2) is 74.4 Å². The van der Waals surface area contributed by atoms with Gasteiger partial charge in [0.05, 0.1) is 16.5 Å². The Balaban J connectivity index is 1.28. The van der Waals surface area contributed by atoms with Crippen LogP contribution >= 0.6 is 58.1 Å². The maximum atomic E-state index is 12.2. The maximum absolute atomic E-state index is 12.2. The van der Waals surface area contributed by atoms with Crippen molar-refractivity contribution in [2.24, 2.45) is 5.10 Å². The number of hydrogen-bond acceptors (Lipinski definition) is 7. The van der Waals surface area contributed by atoms with E-state index >= 15 is 0 Å². The van der Waals surface area contributed by atoms with Crippen LogP contribution < -0.4 is 5.43 Å². The lowest BCUT2D eigenvalue weighted by Gasteiger charge is -2.05. The smallest absolute Gasteiger partial charge is 0.250 e. The van der Waals surface area contributed by atoms with E-state index in [1.54, 1.807) is 36.9 Å². The van der Waals surface area contributed by atoms with Crippen LogP contribution in [0.4, 0.5) is 0 Å². The van der Waals surface area contributed by atoms with Gasteiger partial charge >= 0.3 is 0 Å². The van der Waals surface area contributed by atoms with Crippen molar-refractivity contribution in [1.82, 2.24) is 15.6 Å². The Morgan fingerprint density at radius 3 is 2.61 bits per heavy atom. The number of rotatable bonds is 8. The number of nitrogens with zero attached hydrogens (tertiary/aromatic N) is 3. The number of hydrogen-bond donors (Lipinski definition) is 1. The van der Waals surface area contributed by atoms with Crippen molar-refractivity contribution in [3.8, 4) is 0 Å². The molecule has 168 valence electrons. The predicted molar refractivity (Wildman–Crippen MR) is 141 cm³/mol. The lowest BCUT2D eigenvalue weighted by Crippen LogP contribution is -2.21. The van der Waals surface area contributed by atoms with E-state index in [1.807, 2.05) is 6.07 Å². The van der Waals surface area contributed by atoms with Gasteiger partial charge in [-0.05, 0) is 35.4 Å². The molecule has 1 N–H and O–H groups in total. The molecule has 4 aromatic rings. The van der Waals surface area contributed by atoms with Gasteiger partial charge in [0.1, 0.15) is 0 Å². The Morgan fingerprint density at radius 2 is 1.79 bits per heavy atom. The molecule has 0 unspecified atom stereocenters. The minimum atomic E-state index is -0.232. The molecule has 1 aromatic heterocycles. The number of halogens is 2. The Kier molecular flexibility index (Phi) is 8.27. The van der Waals surface area contributed by atoms with Gasteiger partial charge < -0.3 is 0 Å². The van der Waals surface area contributed by atoms with Crippen molar-refractivity contribution < 1.29 is 4.79 Å². The molecule has 4 rings (SSSR count). The highest BCUT2D eigenvalue weighted by molar-refractivity contribution is 8.03. The molecule has 0 atom stereocenters. The first kappa shape index (κ1) is 24.0. The van der Waals surface area contributed by atoms with Crippen molar-refractivity contribution in [1.29, 1.82) is 0 Å². The van der Waals surface area contributed by atoms with Crippen molar-refractivity contribution >= 4 is 80.5 Å². The second-order valence-electron chi connectivity index (χ2n) is 6.91. The average Bonchev–Trinajstić information content (AvgIpc) is 3.27. The zero-order valence-corrected chi connectivity index (χ0v) is 21.4. The summed E-state index contributed by atoms with van der Waals surface area (Å²) in [5.41, 5.74) is 5.12. The normalized spacial score (nSPS) is 11.7. The van der Waals surface area contributed by atoms with Crippen LogP contribution in [0.1, 0.15) is 18.1 Å². The second-order valence-corrected chi connectivity index (χ2v) is 11.2. The Labute approximate surface area is 214 Å². The van der Waals surface area contributed by atoms with Gasteiger partial charge in [-0.2, -0.15) is 5.10 Å². The first-order chi connectivity index (χ1) is 16.0. The van der Waals surface area contributed by atoms with Crippen LogP contribution in [-0.2, 0) is 10.5 Å². The van der Waals surface area contributed by atoms with Crippen LogP contribution in [0, 0.1) is 0 Å². The molecule has 33 heavy (non-hydrogen) atoms. The minimum Gasteiger partial charge on any atom is -0.272 e. The first-order valence-electron chi connectivity index (χ1n) is 9.84. The maximum Gasteiger partial charge on any atom is 0.250 e. The molecular weight excluding hydrogens is 515 g/mol. The molecule has 0 fully saturated rings. The lowest BCUT2D eigenvalue weighted by molar-refractivity contribution is -0.118. The zero-order valence-electron chi connectivity index (χ0n) is 17.4. The van der Waals surface area contributed by atoms with Gasteiger partial charge in [0.25, 0.3) is 5.91 Å². The third-order valence-corrected chi connectivity index (χ3v) is 8.40. The minimum absolute atomic E-state index is 0.188. The third-order valence-electron chi connectivity index (χ3n) is 4.61. The molecule has 0 radical (unpaired) electrons. The number of nitrogens with one attached hydrogen (secondary N) is 1. The summed E-state index contributed by atoms with van der Waals surface area (Å²) in [6.07, 6.45) is 0. The number of carbonyl (C=O) groups excluding carboxylic acids is 1. The summed E-state index contributed by atoms with van der Waals surface area (Å²) in [5.74, 6) is 0.764. The van der Waals surface area contributed by atoms with Crippen LogP contribution in [0.3, 0.4) is 0 Å². The topological polar surface area (TPSA) is 67.2 Å². The fraction of sp³-hybridized carbons (Fsp3) is 0.130. The molecule has 0 spiro atoms. The SMILES string of the molecule is C/C(=N\NC(=O)CSc1nnc(SCc2cccc3ccccc23)s1)c1ccc(Cl)cc1Cl. The molecule has 5 nitrogen and oxygen atoms in total. The second kappa shape index (κ2) is 11.4. The predicted octanol–water partition coefficient (Wildman–Crippen LogP) is 6.92. The summed E-state index contributed by atoms with van der Waals surface area (Å²) in [6, 6.07) is 19.8. The van der Waals surface area contributed by atoms with Gasteiger partial charge in [0.15, 0.2) is 8.68 Å². The quantitative estimate of drug-likeness (QED) is 0.151. The van der Waals surface area contributed by atoms with E-state index in [-0.39, 0.29) is 11.7 Å². The van der Waals surface area contributed by atoms with Gasteiger partial charge in [-0.25, -0.2) is 5.43 Å². The highest BCUT2D eigenvalue weighted by Gasteiger charge is 2.10. The van der Waals surface area contributed by atoms with Gasteiger partial charge in [-0.3, -0.25) is 4.79 Å². The number of benzene rings is 3. The van der Waals surface area contributed by atoms with E-state index in [1.165, 1.54) is 39.4 Å². The van der Waals surface area contributed by atoms with E-state index in [0.29, 0.717) is 21.3 Å². The summed E-state index contributed by atoms with van der Waals surface area (Å²) >= 11 is 16.6. The van der Waals surface area contributed by atoms with E-state index < -0.39 is 0 Å². The highest BCUT2D eigenvalue weighted by Crippen LogP contribution is 2.32. The molecule has 0 aliphatic heterocycles. The summed E-state index contributed by atoms with van der Waals surface area (Å²) in [7, 11) is 0. The van der Waals surface area contributed by atoms with Crippen LogP contribution in [0.25, 0.3) is 10.8 Å². The van der Waals surface area contributed by atoms with Crippen molar-refractivity contribution in [2.75, 3.05) is 5.75 Å². The number of fused-ring (bicyclic) bond motifs is 1. The molecule has 1 amide bonds. The number of amides is 1. The van der Waals surface area contributed by atoms with E-state index in [4.69, 9.17) is 23.2 Å². The van der Waals surface area contributed by atoms with Gasteiger partial charge in [0.2, 0.25) is 0 Å². The lowest BCUT2D eigenvalue weighted by atomic mass is 10.1. The molecule has 1 heterocycles. The molecule has 0 aliphatic carbocycles. The number of thioether (sulfide) groups is 2. The highest BCUT2D eigenvalue weighted by atomic mass is 35.5. The van der Waals surface area contributed by atoms with Crippen LogP contribution in [0.2, 0.25) is 10.0 Å². The Morgan fingerprint density at radius 1 is 1.03 bits per heavy atom. The van der Waals surface area contributed by atoms with Crippen LogP contribution in [-0.4, -0.2) is 27.6 Å². The summed E-state index contributed by atoms with van der Waals surface area (Å²) in [4.78, 5) is 12.2. The van der Waals surface area contributed by atoms with Gasteiger partial charge in [0, 0.05) is 16.3 Å².